The summed E-state index contributed by atoms with van der Waals surface area (Å²) in [6, 6.07) is 0.247. The molecular weight excluding hydrogens is 230 g/mol. The summed E-state index contributed by atoms with van der Waals surface area (Å²) >= 11 is 0. The molecule has 1 amide bonds. The molecule has 2 unspecified atom stereocenters. The largest absolute Gasteiger partial charge is 0.351 e. The molecule has 1 saturated carbocycles. The summed E-state index contributed by atoms with van der Waals surface area (Å²) < 4.78 is 5.06. The van der Waals surface area contributed by atoms with Crippen molar-refractivity contribution in [3.63, 3.8) is 0 Å². The van der Waals surface area contributed by atoms with Gasteiger partial charge in [0.25, 0.3) is 5.91 Å². The number of hydrogen-bond acceptors (Lipinski definition) is 4. The summed E-state index contributed by atoms with van der Waals surface area (Å²) in [5, 5.41) is 3.68. The van der Waals surface area contributed by atoms with Gasteiger partial charge in [-0.3, -0.25) is 4.79 Å². The van der Waals surface area contributed by atoms with Gasteiger partial charge in [0.1, 0.15) is 0 Å². The summed E-state index contributed by atoms with van der Waals surface area (Å²) in [5.41, 5.74) is 6.58. The second kappa shape index (κ2) is 5.52. The highest BCUT2D eigenvalue weighted by Gasteiger charge is 2.34. The highest BCUT2D eigenvalue weighted by atomic mass is 16.5. The summed E-state index contributed by atoms with van der Waals surface area (Å²) in [4.78, 5) is 14.3. The van der Waals surface area contributed by atoms with E-state index in [9.17, 15) is 4.79 Å². The van der Waals surface area contributed by atoms with Crippen molar-refractivity contribution in [3.8, 4) is 0 Å². The fourth-order valence-electron chi connectivity index (χ4n) is 2.86. The monoisotopic (exact) mass is 251 g/mol. The van der Waals surface area contributed by atoms with Crippen LogP contribution in [0, 0.1) is 12.8 Å². The van der Waals surface area contributed by atoms with Crippen molar-refractivity contribution in [2.45, 2.75) is 39.2 Å². The van der Waals surface area contributed by atoms with Gasteiger partial charge >= 0.3 is 0 Å². The number of aryl methyl sites for hydroxylation is 1. The standard InChI is InChI=1S/C13H21N3O2/c1-3-16(11-6-4-5-10(11)7-14)13(17)12-9(2)8-15-18-12/h8,10-11H,3-7,14H2,1-2H3. The fraction of sp³-hybridized carbons (Fsp3) is 0.692. The van der Waals surface area contributed by atoms with Gasteiger partial charge in [-0.25, -0.2) is 0 Å². The molecule has 0 aromatic carbocycles. The maximum absolute atomic E-state index is 12.5. The lowest BCUT2D eigenvalue weighted by molar-refractivity contribution is 0.0608. The van der Waals surface area contributed by atoms with Crippen LogP contribution >= 0.6 is 0 Å². The Morgan fingerprint density at radius 1 is 1.61 bits per heavy atom. The third kappa shape index (κ3) is 2.27. The van der Waals surface area contributed by atoms with Crippen LogP contribution in [0.15, 0.2) is 10.7 Å². The molecular formula is C13H21N3O2. The minimum atomic E-state index is -0.0575. The lowest BCUT2D eigenvalue weighted by Crippen LogP contribution is -2.44. The molecule has 5 nitrogen and oxygen atoms in total. The Kier molecular flexibility index (Phi) is 4.01. The number of rotatable bonds is 4. The van der Waals surface area contributed by atoms with Gasteiger partial charge in [0.2, 0.25) is 5.76 Å². The molecule has 1 aromatic rings. The van der Waals surface area contributed by atoms with E-state index in [-0.39, 0.29) is 11.9 Å². The van der Waals surface area contributed by atoms with Gasteiger partial charge in [0, 0.05) is 18.2 Å². The van der Waals surface area contributed by atoms with Gasteiger partial charge in [-0.15, -0.1) is 0 Å². The average Bonchev–Trinajstić information content (AvgIpc) is 2.98. The highest BCUT2D eigenvalue weighted by molar-refractivity contribution is 5.92. The number of nitrogens with zero attached hydrogens (tertiary/aromatic N) is 2. The molecule has 5 heteroatoms. The molecule has 18 heavy (non-hydrogen) atoms. The molecule has 1 fully saturated rings. The van der Waals surface area contributed by atoms with Crippen LogP contribution in [0.25, 0.3) is 0 Å². The molecule has 1 heterocycles. The molecule has 1 aromatic heterocycles. The molecule has 100 valence electrons. The summed E-state index contributed by atoms with van der Waals surface area (Å²) in [7, 11) is 0. The number of carbonyl (C=O) groups excluding carboxylic acids is 1. The van der Waals surface area contributed by atoms with Crippen LogP contribution in [0.3, 0.4) is 0 Å². The molecule has 0 spiro atoms. The highest BCUT2D eigenvalue weighted by Crippen LogP contribution is 2.30. The molecule has 0 aliphatic heterocycles. The van der Waals surface area contributed by atoms with Crippen molar-refractivity contribution in [2.75, 3.05) is 13.1 Å². The van der Waals surface area contributed by atoms with Crippen LogP contribution < -0.4 is 5.73 Å². The fourth-order valence-corrected chi connectivity index (χ4v) is 2.86. The van der Waals surface area contributed by atoms with Crippen molar-refractivity contribution < 1.29 is 9.32 Å². The number of amides is 1. The Hall–Kier alpha value is -1.36. The summed E-state index contributed by atoms with van der Waals surface area (Å²) in [5.74, 6) is 0.717. The van der Waals surface area contributed by atoms with E-state index in [0.29, 0.717) is 24.8 Å². The van der Waals surface area contributed by atoms with Crippen LogP contribution in [0.5, 0.6) is 0 Å². The first kappa shape index (κ1) is 13.1. The van der Waals surface area contributed by atoms with Gasteiger partial charge in [0.15, 0.2) is 0 Å². The van der Waals surface area contributed by atoms with Crippen LogP contribution in [0.4, 0.5) is 0 Å². The molecule has 1 aliphatic carbocycles. The molecule has 2 rings (SSSR count). The lowest BCUT2D eigenvalue weighted by Gasteiger charge is -2.31. The topological polar surface area (TPSA) is 72.4 Å². The molecule has 2 N–H and O–H groups in total. The molecule has 0 saturated heterocycles. The smallest absolute Gasteiger partial charge is 0.292 e. The van der Waals surface area contributed by atoms with Crippen molar-refractivity contribution in [1.29, 1.82) is 0 Å². The summed E-state index contributed by atoms with van der Waals surface area (Å²) in [6.45, 7) is 5.16. The van der Waals surface area contributed by atoms with Crippen LogP contribution in [-0.4, -0.2) is 35.1 Å². The van der Waals surface area contributed by atoms with Gasteiger partial charge in [-0.05, 0) is 39.2 Å². The van der Waals surface area contributed by atoms with Gasteiger partial charge < -0.3 is 15.2 Å². The van der Waals surface area contributed by atoms with Gasteiger partial charge in [-0.2, -0.15) is 0 Å². The second-order valence-corrected chi connectivity index (χ2v) is 4.92. The quantitative estimate of drug-likeness (QED) is 0.881. The van der Waals surface area contributed by atoms with E-state index in [0.717, 1.165) is 24.8 Å². The van der Waals surface area contributed by atoms with E-state index < -0.39 is 0 Å². The normalized spacial score (nSPS) is 23.3. The Bertz CT molecular complexity index is 416. The average molecular weight is 251 g/mol. The Balaban J connectivity index is 2.18. The van der Waals surface area contributed by atoms with Crippen LogP contribution in [-0.2, 0) is 0 Å². The zero-order chi connectivity index (χ0) is 13.1. The maximum Gasteiger partial charge on any atom is 0.292 e. The minimum Gasteiger partial charge on any atom is -0.351 e. The predicted molar refractivity (Wildman–Crippen MR) is 68.1 cm³/mol. The Labute approximate surface area is 107 Å². The zero-order valence-electron chi connectivity index (χ0n) is 11.1. The third-order valence-electron chi connectivity index (χ3n) is 3.87. The molecule has 1 aliphatic rings. The molecule has 2 atom stereocenters. The predicted octanol–water partition coefficient (Wildman–Crippen LogP) is 1.57. The number of carbonyl (C=O) groups is 1. The van der Waals surface area contributed by atoms with Crippen LogP contribution in [0.2, 0.25) is 0 Å². The number of aromatic nitrogens is 1. The van der Waals surface area contributed by atoms with Crippen molar-refractivity contribution in [2.24, 2.45) is 11.7 Å². The lowest BCUT2D eigenvalue weighted by atomic mass is 10.0. The Morgan fingerprint density at radius 3 is 2.94 bits per heavy atom. The first-order valence-corrected chi connectivity index (χ1v) is 6.61. The number of nitrogens with two attached hydrogens (primary N) is 1. The van der Waals surface area contributed by atoms with E-state index in [1.54, 1.807) is 6.20 Å². The van der Waals surface area contributed by atoms with Gasteiger partial charge in [0.05, 0.1) is 6.20 Å². The second-order valence-electron chi connectivity index (χ2n) is 4.92. The van der Waals surface area contributed by atoms with Gasteiger partial charge in [-0.1, -0.05) is 11.6 Å². The molecule has 0 bridgehead atoms. The summed E-state index contributed by atoms with van der Waals surface area (Å²) in [6.07, 6.45) is 4.87. The van der Waals surface area contributed by atoms with Crippen molar-refractivity contribution >= 4 is 5.91 Å². The molecule has 0 radical (unpaired) electrons. The van der Waals surface area contributed by atoms with E-state index in [1.165, 1.54) is 0 Å². The first-order valence-electron chi connectivity index (χ1n) is 6.61. The minimum absolute atomic E-state index is 0.0575. The zero-order valence-corrected chi connectivity index (χ0v) is 11.1. The van der Waals surface area contributed by atoms with Crippen molar-refractivity contribution in [3.05, 3.63) is 17.5 Å². The van der Waals surface area contributed by atoms with Crippen LogP contribution in [0.1, 0.15) is 42.3 Å². The third-order valence-corrected chi connectivity index (χ3v) is 3.87. The Morgan fingerprint density at radius 2 is 2.39 bits per heavy atom. The van der Waals surface area contributed by atoms with E-state index >= 15 is 0 Å². The van der Waals surface area contributed by atoms with E-state index in [2.05, 4.69) is 5.16 Å². The SMILES string of the molecule is CCN(C(=O)c1oncc1C)C1CCCC1CN. The number of hydrogen-bond donors (Lipinski definition) is 1. The maximum atomic E-state index is 12.5. The van der Waals surface area contributed by atoms with Crippen molar-refractivity contribution in [1.82, 2.24) is 10.1 Å². The van der Waals surface area contributed by atoms with E-state index in [4.69, 9.17) is 10.3 Å². The first-order chi connectivity index (χ1) is 8.69. The van der Waals surface area contributed by atoms with E-state index in [1.807, 2.05) is 18.7 Å².